The van der Waals surface area contributed by atoms with Crippen molar-refractivity contribution in [3.8, 4) is 0 Å². The zero-order valence-electron chi connectivity index (χ0n) is 28.1. The monoisotopic (exact) mass is 673 g/mol. The molecule has 2 aliphatic heterocycles. The summed E-state index contributed by atoms with van der Waals surface area (Å²) in [5.41, 5.74) is 6.48. The number of nitrogens with zero attached hydrogens (tertiary/aromatic N) is 3. The van der Waals surface area contributed by atoms with Crippen molar-refractivity contribution in [2.75, 3.05) is 18.9 Å². The fraction of sp³-hybridized carbons (Fsp3) is 0.606. The molecule has 5 rings (SSSR count). The Balaban J connectivity index is 1.34. The average Bonchev–Trinajstić information content (AvgIpc) is 3.65. The largest absolute Gasteiger partial charge is 0.464 e. The summed E-state index contributed by atoms with van der Waals surface area (Å²) in [5, 5.41) is 3.48. The molecule has 0 bridgehead atoms. The molecule has 2 fully saturated rings. The Morgan fingerprint density at radius 2 is 1.83 bits per heavy atom. The van der Waals surface area contributed by atoms with Crippen LogP contribution in [0.1, 0.15) is 79.0 Å². The van der Waals surface area contributed by atoms with Crippen LogP contribution in [0.15, 0.2) is 48.9 Å². The first kappa shape index (κ1) is 35.4. The topological polar surface area (TPSA) is 158 Å². The van der Waals surface area contributed by atoms with Gasteiger partial charge in [-0.15, -0.1) is 0 Å². The van der Waals surface area contributed by atoms with Gasteiger partial charge >= 0.3 is 13.7 Å². The van der Waals surface area contributed by atoms with E-state index in [4.69, 9.17) is 33.7 Å². The van der Waals surface area contributed by atoms with Gasteiger partial charge in [-0.25, -0.2) is 19.6 Å². The van der Waals surface area contributed by atoms with E-state index < -0.39 is 49.6 Å². The minimum Gasteiger partial charge on any atom is -0.464 e. The van der Waals surface area contributed by atoms with E-state index in [0.717, 1.165) is 31.2 Å². The van der Waals surface area contributed by atoms with Gasteiger partial charge in [-0.3, -0.25) is 13.8 Å². The van der Waals surface area contributed by atoms with Gasteiger partial charge in [0.2, 0.25) is 0 Å². The molecule has 1 aromatic carbocycles. The van der Waals surface area contributed by atoms with E-state index >= 15 is 0 Å². The van der Waals surface area contributed by atoms with E-state index in [1.165, 1.54) is 6.33 Å². The van der Waals surface area contributed by atoms with Crippen LogP contribution in [0.2, 0.25) is 0 Å². The summed E-state index contributed by atoms with van der Waals surface area (Å²) in [6.45, 7) is 11.5. The second kappa shape index (κ2) is 14.7. The maximum Gasteiger partial charge on any atom is 0.406 e. The predicted octanol–water partition coefficient (Wildman–Crippen LogP) is 5.90. The SMILES string of the molecule is CCCC(CCC)COC(=O)[C@H](C)NP(=O)(OCc1ccccc1)OC[C@H]1O[C@@H](n2ccc3c(N)ncnc32)[C@]2(C)OC(C)(C)O[C@H]12. The molecule has 1 unspecified atom stereocenters. The number of fused-ring (bicyclic) bond motifs is 2. The average molecular weight is 674 g/mol. The van der Waals surface area contributed by atoms with Crippen LogP contribution < -0.4 is 10.8 Å². The number of esters is 1. The molecule has 0 radical (unpaired) electrons. The molecule has 0 spiro atoms. The maximum absolute atomic E-state index is 14.3. The summed E-state index contributed by atoms with van der Waals surface area (Å²) in [6, 6.07) is 10.1. The lowest BCUT2D eigenvalue weighted by molar-refractivity contribution is -0.216. The molecule has 2 aromatic heterocycles. The Kier molecular flexibility index (Phi) is 11.1. The van der Waals surface area contributed by atoms with Gasteiger partial charge in [-0.2, -0.15) is 0 Å². The number of carbonyl (C=O) groups excluding carboxylic acids is 1. The zero-order chi connectivity index (χ0) is 33.8. The first-order valence-electron chi connectivity index (χ1n) is 16.4. The lowest BCUT2D eigenvalue weighted by atomic mass is 9.96. The standard InChI is InChI=1S/C33H48N5O8P/c1-7-12-23(13-8-2)18-41-30(39)22(3)37-47(40,42-19-24-14-10-9-11-15-24)43-20-26-27-33(6,46-32(4,5)45-27)31(44-26)38-17-16-25-28(34)35-21-36-29(25)38/h9-11,14-17,21-23,26-27,31H,7-8,12-13,18-20H2,1-6H3,(H,37,40)(H2,34,35,36)/t22-,26+,27+,31+,33+,47?/m0/s1. The number of nitrogens with one attached hydrogen (secondary N) is 1. The second-order valence-corrected chi connectivity index (χ2v) is 14.7. The number of aromatic nitrogens is 3. The summed E-state index contributed by atoms with van der Waals surface area (Å²) in [4.78, 5) is 21.6. The number of benzene rings is 1. The van der Waals surface area contributed by atoms with Gasteiger partial charge in [0.1, 0.15) is 41.6 Å². The van der Waals surface area contributed by atoms with E-state index in [-0.39, 0.29) is 19.1 Å². The molecular formula is C33H48N5O8P. The van der Waals surface area contributed by atoms with Crippen molar-refractivity contribution in [3.05, 3.63) is 54.5 Å². The van der Waals surface area contributed by atoms with Gasteiger partial charge in [0.05, 0.1) is 25.2 Å². The molecule has 2 saturated heterocycles. The van der Waals surface area contributed by atoms with Gasteiger partial charge in [0.25, 0.3) is 0 Å². The van der Waals surface area contributed by atoms with Crippen molar-refractivity contribution >= 4 is 30.6 Å². The summed E-state index contributed by atoms with van der Waals surface area (Å²) in [6.07, 6.45) is 5.11. The molecule has 2 aliphatic rings. The number of nitrogens with two attached hydrogens (primary N) is 1. The van der Waals surface area contributed by atoms with E-state index in [2.05, 4.69) is 28.9 Å². The van der Waals surface area contributed by atoms with Gasteiger partial charge in [-0.05, 0) is 58.1 Å². The van der Waals surface area contributed by atoms with E-state index in [0.29, 0.717) is 23.5 Å². The van der Waals surface area contributed by atoms with Crippen molar-refractivity contribution in [2.24, 2.45) is 5.92 Å². The Hall–Kier alpha value is -2.90. The van der Waals surface area contributed by atoms with Crippen molar-refractivity contribution in [1.82, 2.24) is 19.6 Å². The highest BCUT2D eigenvalue weighted by Crippen LogP contribution is 2.53. The molecule has 0 aliphatic carbocycles. The Labute approximate surface area is 276 Å². The van der Waals surface area contributed by atoms with Crippen LogP contribution in [-0.4, -0.2) is 63.4 Å². The minimum atomic E-state index is -4.11. The summed E-state index contributed by atoms with van der Waals surface area (Å²) in [5.74, 6) is -0.847. The normalized spacial score (nSPS) is 25.6. The van der Waals surface area contributed by atoms with Gasteiger partial charge < -0.3 is 29.2 Å². The third-order valence-corrected chi connectivity index (χ3v) is 10.2. The van der Waals surface area contributed by atoms with Gasteiger partial charge in [-0.1, -0.05) is 57.0 Å². The molecule has 3 N–H and O–H groups in total. The van der Waals surface area contributed by atoms with Crippen molar-refractivity contribution < 1.29 is 37.4 Å². The molecule has 4 heterocycles. The molecule has 3 aromatic rings. The van der Waals surface area contributed by atoms with Crippen LogP contribution >= 0.6 is 7.75 Å². The van der Waals surface area contributed by atoms with Crippen LogP contribution in [0.25, 0.3) is 11.0 Å². The van der Waals surface area contributed by atoms with Crippen LogP contribution in [0.3, 0.4) is 0 Å². The summed E-state index contributed by atoms with van der Waals surface area (Å²) >= 11 is 0. The molecule has 6 atom stereocenters. The molecule has 258 valence electrons. The van der Waals surface area contributed by atoms with E-state index in [1.54, 1.807) is 6.92 Å². The molecule has 47 heavy (non-hydrogen) atoms. The van der Waals surface area contributed by atoms with Crippen LogP contribution in [0.5, 0.6) is 0 Å². The second-order valence-electron chi connectivity index (χ2n) is 12.9. The number of hydrogen-bond acceptors (Lipinski definition) is 11. The summed E-state index contributed by atoms with van der Waals surface area (Å²) < 4.78 is 53.0. The van der Waals surface area contributed by atoms with Crippen LogP contribution in [0.4, 0.5) is 5.82 Å². The highest BCUT2D eigenvalue weighted by atomic mass is 31.2. The molecular weight excluding hydrogens is 625 g/mol. The van der Waals surface area contributed by atoms with E-state index in [9.17, 15) is 9.36 Å². The minimum absolute atomic E-state index is 0.0135. The zero-order valence-corrected chi connectivity index (χ0v) is 29.0. The van der Waals surface area contributed by atoms with Gasteiger partial charge in [0, 0.05) is 6.20 Å². The van der Waals surface area contributed by atoms with Crippen molar-refractivity contribution in [2.45, 2.75) is 110 Å². The third kappa shape index (κ3) is 8.05. The first-order valence-corrected chi connectivity index (χ1v) is 17.9. The number of hydrogen-bond donors (Lipinski definition) is 2. The van der Waals surface area contributed by atoms with Crippen LogP contribution in [0, 0.1) is 5.92 Å². The highest BCUT2D eigenvalue weighted by molar-refractivity contribution is 7.51. The maximum atomic E-state index is 14.3. The highest BCUT2D eigenvalue weighted by Gasteiger charge is 2.64. The Bertz CT molecular complexity index is 1550. The predicted molar refractivity (Wildman–Crippen MR) is 176 cm³/mol. The molecule has 14 heteroatoms. The number of carbonyl (C=O) groups is 1. The number of nitrogen functional groups attached to an aromatic ring is 1. The fourth-order valence-corrected chi connectivity index (χ4v) is 7.92. The van der Waals surface area contributed by atoms with E-state index in [1.807, 2.05) is 67.9 Å². The number of ether oxygens (including phenoxy) is 4. The number of rotatable bonds is 16. The van der Waals surface area contributed by atoms with Crippen molar-refractivity contribution in [3.63, 3.8) is 0 Å². The Morgan fingerprint density at radius 1 is 1.11 bits per heavy atom. The Morgan fingerprint density at radius 3 is 2.53 bits per heavy atom. The van der Waals surface area contributed by atoms with Crippen molar-refractivity contribution in [1.29, 1.82) is 0 Å². The quantitative estimate of drug-likeness (QED) is 0.137. The summed E-state index contributed by atoms with van der Waals surface area (Å²) in [7, 11) is -4.11. The lowest BCUT2D eigenvalue weighted by Crippen LogP contribution is -2.42. The molecule has 13 nitrogen and oxygen atoms in total. The molecule has 0 amide bonds. The lowest BCUT2D eigenvalue weighted by Gasteiger charge is -2.30. The third-order valence-electron chi connectivity index (χ3n) is 8.58. The smallest absolute Gasteiger partial charge is 0.406 e. The molecule has 0 saturated carbocycles. The fourth-order valence-electron chi connectivity index (χ4n) is 6.45. The first-order chi connectivity index (χ1) is 22.4. The van der Waals surface area contributed by atoms with Crippen LogP contribution in [-0.2, 0) is 44.0 Å². The number of anilines is 1. The van der Waals surface area contributed by atoms with Gasteiger partial charge in [0.15, 0.2) is 12.0 Å².